The fourth-order valence-electron chi connectivity index (χ4n) is 4.64. The van der Waals surface area contributed by atoms with Crippen molar-refractivity contribution in [2.24, 2.45) is 5.41 Å². The number of carbonyl (C=O) groups excluding carboxylic acids is 1. The summed E-state index contributed by atoms with van der Waals surface area (Å²) < 4.78 is 5.41. The van der Waals surface area contributed by atoms with E-state index < -0.39 is 0 Å². The highest BCUT2D eigenvalue weighted by Crippen LogP contribution is 2.49. The summed E-state index contributed by atoms with van der Waals surface area (Å²) in [6, 6.07) is 7.58. The topological polar surface area (TPSA) is 85.6 Å². The summed E-state index contributed by atoms with van der Waals surface area (Å²) in [4.78, 5) is 14.9. The molecule has 4 rings (SSSR count). The third-order valence-corrected chi connectivity index (χ3v) is 6.37. The number of nitrogens with one attached hydrogen (secondary N) is 1. The van der Waals surface area contributed by atoms with Gasteiger partial charge in [-0.2, -0.15) is 5.26 Å². The van der Waals surface area contributed by atoms with E-state index in [0.717, 1.165) is 44.5 Å². The Bertz CT molecular complexity index is 730. The van der Waals surface area contributed by atoms with Crippen LogP contribution in [0, 0.1) is 16.7 Å². The van der Waals surface area contributed by atoms with Gasteiger partial charge in [0.15, 0.2) is 0 Å². The van der Waals surface area contributed by atoms with E-state index >= 15 is 0 Å². The number of aliphatic hydroxyl groups excluding tert-OH is 1. The van der Waals surface area contributed by atoms with Gasteiger partial charge in [-0.15, -0.1) is 0 Å². The van der Waals surface area contributed by atoms with Crippen molar-refractivity contribution in [3.63, 3.8) is 0 Å². The minimum absolute atomic E-state index is 0.0299. The summed E-state index contributed by atoms with van der Waals surface area (Å²) in [7, 11) is 0. The lowest BCUT2D eigenvalue weighted by atomic mass is 9.58. The lowest BCUT2D eigenvalue weighted by Crippen LogP contribution is -2.65. The van der Waals surface area contributed by atoms with Crippen LogP contribution >= 0.6 is 0 Å². The number of benzene rings is 1. The van der Waals surface area contributed by atoms with Crippen LogP contribution in [-0.4, -0.2) is 49.5 Å². The second-order valence-corrected chi connectivity index (χ2v) is 7.66. The van der Waals surface area contributed by atoms with Gasteiger partial charge >= 0.3 is 0 Å². The van der Waals surface area contributed by atoms with Crippen molar-refractivity contribution in [2.45, 2.75) is 44.2 Å². The van der Waals surface area contributed by atoms with E-state index in [-0.39, 0.29) is 23.5 Å². The third-order valence-electron chi connectivity index (χ3n) is 6.37. The van der Waals surface area contributed by atoms with E-state index in [1.807, 2.05) is 6.07 Å². The molecule has 2 heterocycles. The number of rotatable bonds is 3. The maximum atomic E-state index is 12.7. The molecule has 1 amide bonds. The Morgan fingerprint density at radius 1 is 1.31 bits per heavy atom. The van der Waals surface area contributed by atoms with Crippen LogP contribution in [0.15, 0.2) is 18.2 Å². The molecule has 1 aromatic rings. The molecule has 0 aromatic heterocycles. The number of ether oxygens (including phenoxy) is 1. The molecule has 138 valence electrons. The van der Waals surface area contributed by atoms with Gasteiger partial charge < -0.3 is 20.1 Å². The number of nitrogens with zero attached hydrogens (tertiary/aromatic N) is 2. The Kier molecular flexibility index (Phi) is 4.60. The Morgan fingerprint density at radius 2 is 2.04 bits per heavy atom. The standard InChI is InChI=1S/C20H25N3O3/c21-13-15-11-14(3-4-16(15)23-7-1-2-8-23)19(25)22-17-12-18(24)20(17)5-9-26-10-6-20/h3-4,11,17-18,24H,1-2,5-10,12H2,(H,22,25)/t17-,18-/m1/s1. The van der Waals surface area contributed by atoms with Crippen LogP contribution in [0.25, 0.3) is 0 Å². The van der Waals surface area contributed by atoms with Crippen molar-refractivity contribution in [3.8, 4) is 6.07 Å². The number of amides is 1. The summed E-state index contributed by atoms with van der Waals surface area (Å²) in [6.45, 7) is 3.19. The van der Waals surface area contributed by atoms with Gasteiger partial charge in [-0.3, -0.25) is 4.79 Å². The van der Waals surface area contributed by atoms with Gasteiger partial charge in [-0.05, 0) is 50.3 Å². The highest BCUT2D eigenvalue weighted by molar-refractivity contribution is 5.95. The van der Waals surface area contributed by atoms with Crippen LogP contribution in [0.4, 0.5) is 5.69 Å². The number of nitriles is 1. The first-order valence-electron chi connectivity index (χ1n) is 9.50. The summed E-state index contributed by atoms with van der Waals surface area (Å²) in [6.07, 6.45) is 4.05. The van der Waals surface area contributed by atoms with Crippen molar-refractivity contribution in [1.82, 2.24) is 5.32 Å². The SMILES string of the molecule is N#Cc1cc(C(=O)N[C@@H]2C[C@@H](O)C23CCOCC3)ccc1N1CCCC1. The number of aliphatic hydroxyl groups is 1. The number of hydrogen-bond acceptors (Lipinski definition) is 5. The van der Waals surface area contributed by atoms with E-state index in [4.69, 9.17) is 4.74 Å². The van der Waals surface area contributed by atoms with Gasteiger partial charge in [0.25, 0.3) is 5.91 Å². The number of anilines is 1. The molecule has 0 radical (unpaired) electrons. The second-order valence-electron chi connectivity index (χ2n) is 7.66. The lowest BCUT2D eigenvalue weighted by molar-refractivity contribution is -0.145. The molecular weight excluding hydrogens is 330 g/mol. The predicted molar refractivity (Wildman–Crippen MR) is 97.0 cm³/mol. The molecule has 2 N–H and O–H groups in total. The predicted octanol–water partition coefficient (Wildman–Crippen LogP) is 1.82. The Balaban J connectivity index is 1.49. The molecular formula is C20H25N3O3. The highest BCUT2D eigenvalue weighted by atomic mass is 16.5. The van der Waals surface area contributed by atoms with E-state index in [1.54, 1.807) is 12.1 Å². The van der Waals surface area contributed by atoms with E-state index in [2.05, 4.69) is 16.3 Å². The zero-order valence-electron chi connectivity index (χ0n) is 14.9. The molecule has 1 aromatic carbocycles. The van der Waals surface area contributed by atoms with Crippen molar-refractivity contribution in [3.05, 3.63) is 29.3 Å². The average molecular weight is 355 g/mol. The van der Waals surface area contributed by atoms with Gasteiger partial charge in [0.05, 0.1) is 17.4 Å². The normalized spacial score (nSPS) is 27.0. The molecule has 0 unspecified atom stereocenters. The molecule has 1 saturated carbocycles. The van der Waals surface area contributed by atoms with Crippen LogP contribution in [0.2, 0.25) is 0 Å². The summed E-state index contributed by atoms with van der Waals surface area (Å²) in [5, 5.41) is 22.9. The van der Waals surface area contributed by atoms with Gasteiger partial charge in [-0.25, -0.2) is 0 Å². The zero-order chi connectivity index (χ0) is 18.1. The minimum Gasteiger partial charge on any atom is -0.392 e. The van der Waals surface area contributed by atoms with Crippen LogP contribution in [-0.2, 0) is 4.74 Å². The molecule has 2 saturated heterocycles. The molecule has 1 spiro atoms. The van der Waals surface area contributed by atoms with Crippen molar-refractivity contribution in [2.75, 3.05) is 31.2 Å². The van der Waals surface area contributed by atoms with Crippen molar-refractivity contribution < 1.29 is 14.6 Å². The smallest absolute Gasteiger partial charge is 0.251 e. The van der Waals surface area contributed by atoms with Gasteiger partial charge in [0.1, 0.15) is 6.07 Å². The van der Waals surface area contributed by atoms with Crippen LogP contribution in [0.5, 0.6) is 0 Å². The number of carbonyl (C=O) groups is 1. The molecule has 2 atom stereocenters. The summed E-state index contributed by atoms with van der Waals surface area (Å²) in [5.74, 6) is -0.169. The molecule has 3 fully saturated rings. The lowest BCUT2D eigenvalue weighted by Gasteiger charge is -2.55. The summed E-state index contributed by atoms with van der Waals surface area (Å²) >= 11 is 0. The quantitative estimate of drug-likeness (QED) is 0.864. The summed E-state index contributed by atoms with van der Waals surface area (Å²) in [5.41, 5.74) is 1.73. The van der Waals surface area contributed by atoms with Crippen molar-refractivity contribution in [1.29, 1.82) is 5.26 Å². The first-order valence-corrected chi connectivity index (χ1v) is 9.50. The molecule has 6 heteroatoms. The Hall–Kier alpha value is -2.10. The van der Waals surface area contributed by atoms with Gasteiger partial charge in [0, 0.05) is 43.3 Å². The largest absolute Gasteiger partial charge is 0.392 e. The molecule has 0 bridgehead atoms. The minimum atomic E-state index is -0.371. The Morgan fingerprint density at radius 3 is 2.69 bits per heavy atom. The van der Waals surface area contributed by atoms with E-state index in [9.17, 15) is 15.2 Å². The fourth-order valence-corrected chi connectivity index (χ4v) is 4.64. The van der Waals surface area contributed by atoms with Gasteiger partial charge in [-0.1, -0.05) is 0 Å². The molecule has 1 aliphatic carbocycles. The average Bonchev–Trinajstić information content (AvgIpc) is 3.22. The van der Waals surface area contributed by atoms with Crippen LogP contribution < -0.4 is 10.2 Å². The van der Waals surface area contributed by atoms with Gasteiger partial charge in [0.2, 0.25) is 0 Å². The molecule has 2 aliphatic heterocycles. The maximum absolute atomic E-state index is 12.7. The second kappa shape index (κ2) is 6.90. The molecule has 6 nitrogen and oxygen atoms in total. The molecule has 26 heavy (non-hydrogen) atoms. The third kappa shape index (κ3) is 2.85. The number of hydrogen-bond donors (Lipinski definition) is 2. The fraction of sp³-hybridized carbons (Fsp3) is 0.600. The highest BCUT2D eigenvalue weighted by Gasteiger charge is 2.55. The monoisotopic (exact) mass is 355 g/mol. The first kappa shape index (κ1) is 17.3. The Labute approximate surface area is 153 Å². The zero-order valence-corrected chi connectivity index (χ0v) is 14.9. The first-order chi connectivity index (χ1) is 12.6. The van der Waals surface area contributed by atoms with Crippen molar-refractivity contribution >= 4 is 11.6 Å². The van der Waals surface area contributed by atoms with E-state index in [0.29, 0.717) is 30.8 Å². The molecule has 3 aliphatic rings. The van der Waals surface area contributed by atoms with Crippen LogP contribution in [0.1, 0.15) is 48.0 Å². The van der Waals surface area contributed by atoms with Crippen LogP contribution in [0.3, 0.4) is 0 Å². The van der Waals surface area contributed by atoms with E-state index in [1.165, 1.54) is 0 Å². The maximum Gasteiger partial charge on any atom is 0.251 e.